The maximum Gasteiger partial charge on any atom is 0.239 e. The van der Waals surface area contributed by atoms with Crippen LogP contribution in [-0.2, 0) is 29.9 Å². The van der Waals surface area contributed by atoms with Crippen LogP contribution in [-0.4, -0.2) is 44.1 Å². The maximum atomic E-state index is 13.0. The van der Waals surface area contributed by atoms with E-state index in [2.05, 4.69) is 5.32 Å². The maximum absolute atomic E-state index is 13.0. The minimum Gasteiger partial charge on any atom is -0.468 e. The van der Waals surface area contributed by atoms with Crippen molar-refractivity contribution in [1.82, 2.24) is 5.32 Å². The highest BCUT2D eigenvalue weighted by atomic mass is 32.2. The molecule has 150 valence electrons. The van der Waals surface area contributed by atoms with Gasteiger partial charge >= 0.3 is 0 Å². The van der Waals surface area contributed by atoms with E-state index >= 15 is 0 Å². The van der Waals surface area contributed by atoms with E-state index < -0.39 is 33.1 Å². The Labute approximate surface area is 159 Å². The van der Waals surface area contributed by atoms with Crippen LogP contribution in [0.2, 0.25) is 0 Å². The van der Waals surface area contributed by atoms with Crippen molar-refractivity contribution in [3.8, 4) is 0 Å². The van der Waals surface area contributed by atoms with Gasteiger partial charge in [0.05, 0.1) is 12.4 Å². The van der Waals surface area contributed by atoms with E-state index in [0.29, 0.717) is 5.76 Å². The summed E-state index contributed by atoms with van der Waals surface area (Å²) in [5.41, 5.74) is 0. The highest BCUT2D eigenvalue weighted by Gasteiger charge is 2.40. The summed E-state index contributed by atoms with van der Waals surface area (Å²) in [6, 6.07) is 2.42. The summed E-state index contributed by atoms with van der Waals surface area (Å²) in [6.07, 6.45) is 6.38. The van der Waals surface area contributed by atoms with Crippen LogP contribution < -0.4 is 5.32 Å². The highest BCUT2D eigenvalue weighted by molar-refractivity contribution is 7.92. The summed E-state index contributed by atoms with van der Waals surface area (Å²) >= 11 is 0. The molecule has 3 atom stereocenters. The van der Waals surface area contributed by atoms with Gasteiger partial charge in [0.2, 0.25) is 5.91 Å². The lowest BCUT2D eigenvalue weighted by atomic mass is 9.86. The van der Waals surface area contributed by atoms with Gasteiger partial charge < -0.3 is 14.5 Å². The highest BCUT2D eigenvalue weighted by Crippen LogP contribution is 2.30. The lowest BCUT2D eigenvalue weighted by Gasteiger charge is -2.27. The van der Waals surface area contributed by atoms with Crippen LogP contribution in [0.25, 0.3) is 0 Å². The second kappa shape index (κ2) is 8.56. The van der Waals surface area contributed by atoms with Gasteiger partial charge in [0.25, 0.3) is 0 Å². The van der Waals surface area contributed by atoms with E-state index in [1.807, 2.05) is 0 Å². The molecule has 1 aliphatic heterocycles. The first-order chi connectivity index (χ1) is 12.9. The van der Waals surface area contributed by atoms with Crippen molar-refractivity contribution in [2.24, 2.45) is 5.92 Å². The molecular weight excluding hydrogens is 370 g/mol. The molecule has 0 spiro atoms. The van der Waals surface area contributed by atoms with Crippen LogP contribution in [0.4, 0.5) is 0 Å². The monoisotopic (exact) mass is 397 g/mol. The number of Topliss-reactive ketones (excluding diaryl/α,β-unsaturated/α-hetero) is 1. The second-order valence-electron chi connectivity index (χ2n) is 7.58. The number of nitrogens with one attached hydrogen (secondary N) is 1. The van der Waals surface area contributed by atoms with Crippen LogP contribution in [0.5, 0.6) is 0 Å². The van der Waals surface area contributed by atoms with Crippen LogP contribution in [0.1, 0.15) is 51.2 Å². The van der Waals surface area contributed by atoms with Gasteiger partial charge in [-0.3, -0.25) is 9.59 Å². The van der Waals surface area contributed by atoms with Crippen molar-refractivity contribution in [3.05, 3.63) is 24.2 Å². The summed E-state index contributed by atoms with van der Waals surface area (Å²) in [4.78, 5) is 24.8. The number of carbonyl (C=O) groups excluding carboxylic acids is 2. The Hall–Kier alpha value is -1.67. The van der Waals surface area contributed by atoms with Gasteiger partial charge in [-0.25, -0.2) is 8.42 Å². The fourth-order valence-corrected chi connectivity index (χ4v) is 5.66. The molecule has 1 unspecified atom stereocenters. The first-order valence-electron chi connectivity index (χ1n) is 9.55. The number of furan rings is 1. The van der Waals surface area contributed by atoms with Crippen molar-refractivity contribution in [2.45, 2.75) is 68.6 Å². The molecule has 1 amide bonds. The Balaban J connectivity index is 1.77. The zero-order valence-electron chi connectivity index (χ0n) is 15.6. The molecule has 1 saturated heterocycles. The Kier molecular flexibility index (Phi) is 6.37. The van der Waals surface area contributed by atoms with Gasteiger partial charge in [-0.1, -0.05) is 32.1 Å². The van der Waals surface area contributed by atoms with Crippen LogP contribution in [0, 0.1) is 5.92 Å². The number of hydrogen-bond acceptors (Lipinski definition) is 6. The molecule has 2 fully saturated rings. The summed E-state index contributed by atoms with van der Waals surface area (Å²) in [5.74, 6) is -0.646. The quantitative estimate of drug-likeness (QED) is 0.755. The van der Waals surface area contributed by atoms with E-state index in [0.717, 1.165) is 32.1 Å². The van der Waals surface area contributed by atoms with E-state index in [1.165, 1.54) is 6.26 Å². The number of amides is 1. The molecule has 3 rings (SSSR count). The van der Waals surface area contributed by atoms with Crippen LogP contribution in [0.3, 0.4) is 0 Å². The zero-order chi connectivity index (χ0) is 19.4. The Morgan fingerprint density at radius 3 is 2.63 bits per heavy atom. The number of ether oxygens (including phenoxy) is 1. The minimum atomic E-state index is -3.78. The summed E-state index contributed by atoms with van der Waals surface area (Å²) < 4.78 is 36.4. The largest absolute Gasteiger partial charge is 0.468 e. The zero-order valence-corrected chi connectivity index (χ0v) is 16.4. The molecule has 2 aliphatic rings. The van der Waals surface area contributed by atoms with E-state index in [-0.39, 0.29) is 30.5 Å². The average molecular weight is 397 g/mol. The number of rotatable bonds is 7. The number of carbonyl (C=O) groups is 2. The number of sulfone groups is 1. The molecule has 1 N–H and O–H groups in total. The van der Waals surface area contributed by atoms with Gasteiger partial charge in [-0.15, -0.1) is 0 Å². The van der Waals surface area contributed by atoms with Gasteiger partial charge in [0.15, 0.2) is 15.6 Å². The third kappa shape index (κ3) is 4.99. The molecule has 7 nitrogen and oxygen atoms in total. The molecule has 2 heterocycles. The van der Waals surface area contributed by atoms with Gasteiger partial charge in [-0.05, 0) is 31.4 Å². The van der Waals surface area contributed by atoms with Crippen molar-refractivity contribution >= 4 is 21.5 Å². The molecule has 0 aromatic carbocycles. The Bertz CT molecular complexity index is 751. The van der Waals surface area contributed by atoms with Crippen molar-refractivity contribution in [1.29, 1.82) is 0 Å². The van der Waals surface area contributed by atoms with Crippen molar-refractivity contribution < 1.29 is 27.2 Å². The Morgan fingerprint density at radius 1 is 1.30 bits per heavy atom. The number of ketones is 1. The third-order valence-corrected chi connectivity index (χ3v) is 7.48. The lowest BCUT2D eigenvalue weighted by Crippen LogP contribution is -2.50. The lowest BCUT2D eigenvalue weighted by molar-refractivity contribution is -0.126. The normalized spacial score (nSPS) is 25.4. The average Bonchev–Trinajstić information content (AvgIpc) is 3.25. The smallest absolute Gasteiger partial charge is 0.239 e. The molecule has 0 radical (unpaired) electrons. The summed E-state index contributed by atoms with van der Waals surface area (Å²) in [7, 11) is -3.78. The van der Waals surface area contributed by atoms with Gasteiger partial charge in [0.1, 0.15) is 29.4 Å². The topological polar surface area (TPSA) is 103 Å². The molecule has 27 heavy (non-hydrogen) atoms. The predicted octanol–water partition coefficient (Wildman–Crippen LogP) is 2.01. The van der Waals surface area contributed by atoms with E-state index in [4.69, 9.17) is 9.15 Å². The summed E-state index contributed by atoms with van der Waals surface area (Å²) in [6.45, 7) is 1.64. The molecular formula is C19H27NO6S. The predicted molar refractivity (Wildman–Crippen MR) is 98.7 cm³/mol. The van der Waals surface area contributed by atoms with Crippen molar-refractivity contribution in [3.63, 3.8) is 0 Å². The van der Waals surface area contributed by atoms with E-state index in [1.54, 1.807) is 19.1 Å². The Morgan fingerprint density at radius 2 is 2.04 bits per heavy atom. The first-order valence-corrected chi connectivity index (χ1v) is 11.3. The molecule has 1 aliphatic carbocycles. The SMILES string of the molecule is CC1OCC(=O)[C@@H]1NC(=O)[C@@H](CC1CCCCC1)S(=O)(=O)Cc1ccco1. The first kappa shape index (κ1) is 20.1. The van der Waals surface area contributed by atoms with Crippen molar-refractivity contribution in [2.75, 3.05) is 6.61 Å². The van der Waals surface area contributed by atoms with E-state index in [9.17, 15) is 18.0 Å². The molecule has 1 aromatic heterocycles. The minimum absolute atomic E-state index is 0.0570. The number of hydrogen-bond donors (Lipinski definition) is 1. The van der Waals surface area contributed by atoms with Gasteiger partial charge in [0, 0.05) is 0 Å². The fraction of sp³-hybridized carbons (Fsp3) is 0.684. The molecule has 0 bridgehead atoms. The van der Waals surface area contributed by atoms with Crippen LogP contribution >= 0.6 is 0 Å². The van der Waals surface area contributed by atoms with Gasteiger partial charge in [-0.2, -0.15) is 0 Å². The molecule has 1 aromatic rings. The fourth-order valence-electron chi connectivity index (χ4n) is 3.94. The standard InChI is InChI=1S/C19H27NO6S/c1-13-18(16(21)11-26-13)20-19(22)17(10-14-6-3-2-4-7-14)27(23,24)12-15-8-5-9-25-15/h5,8-9,13-14,17-18H,2-4,6-7,10-12H2,1H3,(H,20,22)/t13?,17-,18-/m1/s1. The molecule has 1 saturated carbocycles. The summed E-state index contributed by atoms with van der Waals surface area (Å²) in [5, 5.41) is 1.44. The molecule has 8 heteroatoms. The third-order valence-electron chi connectivity index (χ3n) is 5.52. The second-order valence-corrected chi connectivity index (χ2v) is 9.77. The van der Waals surface area contributed by atoms with Crippen LogP contribution in [0.15, 0.2) is 22.8 Å².